The number of nitrogens with zero attached hydrogens (tertiary/aromatic N) is 3. The third-order valence-corrected chi connectivity index (χ3v) is 7.84. The maximum absolute atomic E-state index is 13.4. The Kier molecular flexibility index (Phi) is 6.41. The molecule has 4 amide bonds. The van der Waals surface area contributed by atoms with Crippen LogP contribution in [-0.4, -0.2) is 71.1 Å². The number of imide groups is 2. The first-order chi connectivity index (χ1) is 19.4. The predicted molar refractivity (Wildman–Crippen MR) is 153 cm³/mol. The average molecular weight is 530 g/mol. The SMILES string of the molecule is CCN(CC)CCN1C(=O)c2cccc3c(C#CCN4C(=O)c5cccc6cccc(c56)C4=O)ccc(c23)C1=O. The van der Waals surface area contributed by atoms with Crippen molar-refractivity contribution in [3.63, 3.8) is 0 Å². The molecule has 0 aliphatic carbocycles. The molecule has 198 valence electrons. The van der Waals surface area contributed by atoms with Crippen LogP contribution in [0, 0.1) is 11.8 Å². The van der Waals surface area contributed by atoms with E-state index in [2.05, 4.69) is 30.6 Å². The molecule has 0 spiro atoms. The smallest absolute Gasteiger partial charge is 0.262 e. The van der Waals surface area contributed by atoms with Gasteiger partial charge in [-0.2, -0.15) is 0 Å². The van der Waals surface area contributed by atoms with Crippen LogP contribution in [-0.2, 0) is 0 Å². The summed E-state index contributed by atoms with van der Waals surface area (Å²) in [6.45, 7) is 6.66. The molecule has 6 rings (SSSR count). The van der Waals surface area contributed by atoms with E-state index in [0.717, 1.165) is 23.4 Å². The summed E-state index contributed by atoms with van der Waals surface area (Å²) < 4.78 is 0. The molecule has 2 aliphatic heterocycles. The third-order valence-electron chi connectivity index (χ3n) is 7.84. The van der Waals surface area contributed by atoms with Crippen LogP contribution >= 0.6 is 0 Å². The van der Waals surface area contributed by atoms with Gasteiger partial charge in [-0.3, -0.25) is 29.0 Å². The van der Waals surface area contributed by atoms with Crippen molar-refractivity contribution in [3.8, 4) is 11.8 Å². The van der Waals surface area contributed by atoms with Crippen molar-refractivity contribution < 1.29 is 19.2 Å². The lowest BCUT2D eigenvalue weighted by atomic mass is 9.91. The highest BCUT2D eigenvalue weighted by Gasteiger charge is 2.34. The number of hydrogen-bond donors (Lipinski definition) is 0. The molecule has 0 aromatic heterocycles. The highest BCUT2D eigenvalue weighted by atomic mass is 16.2. The molecular weight excluding hydrogens is 502 g/mol. The van der Waals surface area contributed by atoms with Gasteiger partial charge in [-0.25, -0.2) is 0 Å². The van der Waals surface area contributed by atoms with Gasteiger partial charge in [0.25, 0.3) is 23.6 Å². The van der Waals surface area contributed by atoms with E-state index < -0.39 is 0 Å². The summed E-state index contributed by atoms with van der Waals surface area (Å²) >= 11 is 0. The Bertz CT molecular complexity index is 1740. The molecule has 4 aromatic carbocycles. The largest absolute Gasteiger partial charge is 0.302 e. The van der Waals surface area contributed by atoms with Crippen LogP contribution in [0.25, 0.3) is 21.5 Å². The van der Waals surface area contributed by atoms with E-state index in [1.54, 1.807) is 36.4 Å². The zero-order valence-electron chi connectivity index (χ0n) is 22.4. The summed E-state index contributed by atoms with van der Waals surface area (Å²) in [5, 5.41) is 2.81. The molecule has 4 aromatic rings. The fourth-order valence-corrected chi connectivity index (χ4v) is 5.68. The fraction of sp³-hybridized carbons (Fsp3) is 0.212. The molecule has 0 atom stereocenters. The van der Waals surface area contributed by atoms with Gasteiger partial charge in [0.1, 0.15) is 0 Å². The van der Waals surface area contributed by atoms with Crippen LogP contribution in [0.1, 0.15) is 60.8 Å². The Balaban J connectivity index is 1.30. The van der Waals surface area contributed by atoms with E-state index >= 15 is 0 Å². The van der Waals surface area contributed by atoms with Crippen LogP contribution in [0.15, 0.2) is 66.7 Å². The third kappa shape index (κ3) is 3.96. The van der Waals surface area contributed by atoms with Crippen LogP contribution < -0.4 is 0 Å². The fourth-order valence-electron chi connectivity index (χ4n) is 5.68. The molecule has 0 unspecified atom stereocenters. The van der Waals surface area contributed by atoms with Crippen LogP contribution in [0.5, 0.6) is 0 Å². The Labute approximate surface area is 232 Å². The zero-order chi connectivity index (χ0) is 28.0. The highest BCUT2D eigenvalue weighted by molar-refractivity contribution is 6.26. The van der Waals surface area contributed by atoms with Crippen molar-refractivity contribution in [2.45, 2.75) is 13.8 Å². The summed E-state index contributed by atoms with van der Waals surface area (Å²) in [6, 6.07) is 19.7. The predicted octanol–water partition coefficient (Wildman–Crippen LogP) is 4.58. The molecule has 0 bridgehead atoms. The maximum Gasteiger partial charge on any atom is 0.262 e. The lowest BCUT2D eigenvalue weighted by molar-refractivity contribution is 0.0589. The lowest BCUT2D eigenvalue weighted by Crippen LogP contribution is -2.44. The normalized spacial score (nSPS) is 14.4. The number of likely N-dealkylation sites (N-methyl/N-ethyl adjacent to an activating group) is 1. The van der Waals surface area contributed by atoms with E-state index in [-0.39, 0.29) is 30.2 Å². The average Bonchev–Trinajstić information content (AvgIpc) is 2.98. The molecule has 2 aliphatic rings. The summed E-state index contributed by atoms with van der Waals surface area (Å²) in [5.74, 6) is 4.71. The van der Waals surface area contributed by atoms with E-state index in [0.29, 0.717) is 57.1 Å². The molecule has 0 N–H and O–H groups in total. The van der Waals surface area contributed by atoms with Crippen molar-refractivity contribution in [3.05, 3.63) is 94.5 Å². The number of carbonyl (C=O) groups is 4. The van der Waals surface area contributed by atoms with Crippen molar-refractivity contribution in [2.24, 2.45) is 0 Å². The minimum absolute atomic E-state index is 0.0810. The Hall–Kier alpha value is -4.80. The van der Waals surface area contributed by atoms with Gasteiger partial charge in [-0.1, -0.05) is 62.1 Å². The Morgan fingerprint density at radius 2 is 1.20 bits per heavy atom. The Morgan fingerprint density at radius 3 is 1.82 bits per heavy atom. The molecule has 0 radical (unpaired) electrons. The second-order valence-electron chi connectivity index (χ2n) is 9.89. The van der Waals surface area contributed by atoms with E-state index in [1.165, 1.54) is 4.90 Å². The van der Waals surface area contributed by atoms with Gasteiger partial charge in [0.05, 0.1) is 6.54 Å². The van der Waals surface area contributed by atoms with Crippen LogP contribution in [0.3, 0.4) is 0 Å². The molecule has 0 saturated heterocycles. The van der Waals surface area contributed by atoms with Gasteiger partial charge in [-0.15, -0.1) is 0 Å². The molecule has 40 heavy (non-hydrogen) atoms. The summed E-state index contributed by atoms with van der Waals surface area (Å²) in [5.41, 5.74) is 2.54. The summed E-state index contributed by atoms with van der Waals surface area (Å²) in [7, 11) is 0. The molecule has 7 nitrogen and oxygen atoms in total. The number of rotatable bonds is 6. The first kappa shape index (κ1) is 25.5. The number of amides is 4. The van der Waals surface area contributed by atoms with Crippen LogP contribution in [0.2, 0.25) is 0 Å². The van der Waals surface area contributed by atoms with Crippen molar-refractivity contribution >= 4 is 45.2 Å². The first-order valence-corrected chi connectivity index (χ1v) is 13.5. The Morgan fingerprint density at radius 1 is 0.650 bits per heavy atom. The van der Waals surface area contributed by atoms with E-state index in [9.17, 15) is 19.2 Å². The van der Waals surface area contributed by atoms with Gasteiger partial charge in [-0.05, 0) is 54.2 Å². The van der Waals surface area contributed by atoms with Gasteiger partial charge in [0.15, 0.2) is 0 Å². The van der Waals surface area contributed by atoms with Crippen molar-refractivity contribution in [2.75, 3.05) is 32.7 Å². The molecule has 7 heteroatoms. The minimum atomic E-state index is -0.374. The topological polar surface area (TPSA) is 78.0 Å². The standard InChI is InChI=1S/C33H27N3O4/c1-3-34(4-2)19-20-36-32(39)26-15-7-12-23-21(16-17-27(29(23)26)33(36)40)11-8-18-35-30(37)24-13-5-9-22-10-6-14-25(28(22)24)31(35)38/h5-7,9-10,12-17H,3-4,18-20H2,1-2H3. The van der Waals surface area contributed by atoms with E-state index in [1.807, 2.05) is 30.3 Å². The van der Waals surface area contributed by atoms with Gasteiger partial charge >= 0.3 is 0 Å². The van der Waals surface area contributed by atoms with Crippen LogP contribution in [0.4, 0.5) is 0 Å². The minimum Gasteiger partial charge on any atom is -0.302 e. The van der Waals surface area contributed by atoms with Gasteiger partial charge < -0.3 is 4.90 Å². The number of hydrogen-bond acceptors (Lipinski definition) is 5. The van der Waals surface area contributed by atoms with Crippen molar-refractivity contribution in [1.29, 1.82) is 0 Å². The quantitative estimate of drug-likeness (QED) is 0.270. The monoisotopic (exact) mass is 529 g/mol. The first-order valence-electron chi connectivity index (χ1n) is 13.5. The summed E-state index contributed by atoms with van der Waals surface area (Å²) in [6.07, 6.45) is 0. The number of benzene rings is 4. The highest BCUT2D eigenvalue weighted by Crippen LogP contribution is 2.32. The second-order valence-corrected chi connectivity index (χ2v) is 9.89. The molecule has 2 heterocycles. The van der Waals surface area contributed by atoms with Gasteiger partial charge in [0, 0.05) is 51.7 Å². The maximum atomic E-state index is 13.4. The van der Waals surface area contributed by atoms with Crippen molar-refractivity contribution in [1.82, 2.24) is 14.7 Å². The molecular formula is C33H27N3O4. The number of carbonyl (C=O) groups excluding carboxylic acids is 4. The lowest BCUT2D eigenvalue weighted by Gasteiger charge is -2.29. The second kappa shape index (κ2) is 10.1. The molecule has 0 saturated carbocycles. The summed E-state index contributed by atoms with van der Waals surface area (Å²) in [4.78, 5) is 57.8. The zero-order valence-corrected chi connectivity index (χ0v) is 22.4. The van der Waals surface area contributed by atoms with E-state index in [4.69, 9.17) is 0 Å². The van der Waals surface area contributed by atoms with Gasteiger partial charge in [0.2, 0.25) is 0 Å². The molecule has 0 fully saturated rings.